The zero-order valence-corrected chi connectivity index (χ0v) is 15.9. The van der Waals surface area contributed by atoms with Crippen molar-refractivity contribution in [3.63, 3.8) is 0 Å². The van der Waals surface area contributed by atoms with Crippen molar-refractivity contribution in [1.82, 2.24) is 10.2 Å². The molecule has 1 aromatic carbocycles. The number of nitrogens with zero attached hydrogens (tertiary/aromatic N) is 1. The molecule has 0 aliphatic carbocycles. The maximum absolute atomic E-state index is 12.8. The molecule has 0 aromatic heterocycles. The lowest BCUT2D eigenvalue weighted by Crippen LogP contribution is -2.47. The van der Waals surface area contributed by atoms with E-state index in [2.05, 4.69) is 5.32 Å². The molecule has 0 spiro atoms. The minimum Gasteiger partial charge on any atom is -0.484 e. The summed E-state index contributed by atoms with van der Waals surface area (Å²) in [7, 11) is 0. The Morgan fingerprint density at radius 1 is 1.03 bits per heavy atom. The van der Waals surface area contributed by atoms with E-state index in [1.165, 1.54) is 4.90 Å². The number of carbonyl (C=O) groups is 2. The summed E-state index contributed by atoms with van der Waals surface area (Å²) in [6.07, 6.45) is -9.63. The fourth-order valence-corrected chi connectivity index (χ4v) is 2.85. The molecule has 1 saturated heterocycles. The molecular weight excluding hydrogens is 422 g/mol. The molecule has 6 nitrogen and oxygen atoms in total. The predicted octanol–water partition coefficient (Wildman–Crippen LogP) is 3.84. The average molecular weight is 442 g/mol. The first-order valence-electron chi connectivity index (χ1n) is 9.03. The van der Waals surface area contributed by atoms with Crippen LogP contribution in [0.25, 0.3) is 0 Å². The highest BCUT2D eigenvalue weighted by atomic mass is 19.4. The first-order valence-corrected chi connectivity index (χ1v) is 9.03. The third-order valence-electron chi connectivity index (χ3n) is 4.32. The van der Waals surface area contributed by atoms with Crippen LogP contribution in [0.2, 0.25) is 0 Å². The Morgan fingerprint density at radius 3 is 2.03 bits per heavy atom. The summed E-state index contributed by atoms with van der Waals surface area (Å²) >= 11 is 0. The molecule has 0 saturated carbocycles. The van der Waals surface area contributed by atoms with Crippen LogP contribution in [0.1, 0.15) is 30.9 Å². The fraction of sp³-hybridized carbons (Fsp3) is 0.556. The Balaban J connectivity index is 1.93. The average Bonchev–Trinajstić information content (AvgIpc) is 2.65. The summed E-state index contributed by atoms with van der Waals surface area (Å²) in [6, 6.07) is 0.476. The van der Waals surface area contributed by atoms with Gasteiger partial charge in [-0.2, -0.15) is 26.3 Å². The SMILES string of the molecule is CCOC(=O)N1CCC(NC(=O)COc2cc(C(F)(F)F)cc(C(F)(F)F)c2)CC1. The van der Waals surface area contributed by atoms with E-state index in [4.69, 9.17) is 9.47 Å². The van der Waals surface area contributed by atoms with Gasteiger partial charge in [-0.3, -0.25) is 4.79 Å². The summed E-state index contributed by atoms with van der Waals surface area (Å²) in [5.41, 5.74) is -3.06. The molecule has 12 heteroatoms. The molecule has 0 atom stereocenters. The van der Waals surface area contributed by atoms with Crippen molar-refractivity contribution >= 4 is 12.0 Å². The molecule has 1 heterocycles. The number of hydrogen-bond acceptors (Lipinski definition) is 4. The summed E-state index contributed by atoms with van der Waals surface area (Å²) in [6.45, 7) is 1.84. The molecule has 0 unspecified atom stereocenters. The number of nitrogens with one attached hydrogen (secondary N) is 1. The van der Waals surface area contributed by atoms with E-state index in [-0.39, 0.29) is 18.7 Å². The van der Waals surface area contributed by atoms with Crippen molar-refractivity contribution in [2.75, 3.05) is 26.3 Å². The zero-order chi connectivity index (χ0) is 22.5. The second-order valence-electron chi connectivity index (χ2n) is 6.56. The molecular formula is C18H20F6N2O4. The van der Waals surface area contributed by atoms with Crippen molar-refractivity contribution in [2.45, 2.75) is 38.2 Å². The number of halogens is 6. The van der Waals surface area contributed by atoms with Crippen molar-refractivity contribution in [1.29, 1.82) is 0 Å². The molecule has 2 rings (SSSR count). The Bertz CT molecular complexity index is 726. The van der Waals surface area contributed by atoms with E-state index in [9.17, 15) is 35.9 Å². The van der Waals surface area contributed by atoms with Crippen LogP contribution in [-0.4, -0.2) is 49.2 Å². The maximum atomic E-state index is 12.8. The van der Waals surface area contributed by atoms with Crippen LogP contribution in [0.4, 0.5) is 31.1 Å². The largest absolute Gasteiger partial charge is 0.484 e. The number of rotatable bonds is 5. The number of likely N-dealkylation sites (tertiary alicyclic amines) is 1. The molecule has 0 bridgehead atoms. The lowest BCUT2D eigenvalue weighted by molar-refractivity contribution is -0.143. The molecule has 168 valence electrons. The molecule has 1 N–H and O–H groups in total. The Hall–Kier alpha value is -2.66. The second-order valence-corrected chi connectivity index (χ2v) is 6.56. The first kappa shape index (κ1) is 23.6. The Morgan fingerprint density at radius 2 is 1.57 bits per heavy atom. The number of alkyl halides is 6. The summed E-state index contributed by atoms with van der Waals surface area (Å²) < 4.78 is 86.8. The van der Waals surface area contributed by atoms with Crippen molar-refractivity contribution < 1.29 is 45.4 Å². The van der Waals surface area contributed by atoms with Gasteiger partial charge in [-0.15, -0.1) is 0 Å². The van der Waals surface area contributed by atoms with E-state index < -0.39 is 47.8 Å². The number of ether oxygens (including phenoxy) is 2. The molecule has 1 aliphatic heterocycles. The quantitative estimate of drug-likeness (QED) is 0.704. The van der Waals surface area contributed by atoms with E-state index in [1.807, 2.05) is 0 Å². The smallest absolute Gasteiger partial charge is 0.416 e. The zero-order valence-electron chi connectivity index (χ0n) is 15.9. The fourth-order valence-electron chi connectivity index (χ4n) is 2.85. The van der Waals surface area contributed by atoms with Crippen LogP contribution in [0.3, 0.4) is 0 Å². The summed E-state index contributed by atoms with van der Waals surface area (Å²) in [5, 5.41) is 2.58. The Kier molecular flexibility index (Phi) is 7.43. The number of piperidine rings is 1. The van der Waals surface area contributed by atoms with Gasteiger partial charge < -0.3 is 19.7 Å². The van der Waals surface area contributed by atoms with Gasteiger partial charge in [0.1, 0.15) is 5.75 Å². The highest BCUT2D eigenvalue weighted by Crippen LogP contribution is 2.38. The number of amides is 2. The number of benzene rings is 1. The topological polar surface area (TPSA) is 67.9 Å². The van der Waals surface area contributed by atoms with Gasteiger partial charge in [0.05, 0.1) is 17.7 Å². The summed E-state index contributed by atoms with van der Waals surface area (Å²) in [5.74, 6) is -1.42. The van der Waals surface area contributed by atoms with Crippen LogP contribution in [0.5, 0.6) is 5.75 Å². The third kappa shape index (κ3) is 6.70. The minimum absolute atomic E-state index is 0.0236. The lowest BCUT2D eigenvalue weighted by Gasteiger charge is -2.31. The molecule has 1 fully saturated rings. The standard InChI is InChI=1S/C18H20F6N2O4/c1-2-29-16(28)26-5-3-13(4-6-26)25-15(27)10-30-14-8-11(17(19,20)21)7-12(9-14)18(22,23)24/h7-9,13H,2-6,10H2,1H3,(H,25,27). The number of hydrogen-bond donors (Lipinski definition) is 1. The molecule has 1 aliphatic rings. The minimum atomic E-state index is -5.01. The van der Waals surface area contributed by atoms with Crippen LogP contribution in [0, 0.1) is 0 Å². The van der Waals surface area contributed by atoms with Crippen molar-refractivity contribution in [3.05, 3.63) is 29.3 Å². The molecule has 30 heavy (non-hydrogen) atoms. The van der Waals surface area contributed by atoms with Gasteiger partial charge in [-0.25, -0.2) is 4.79 Å². The maximum Gasteiger partial charge on any atom is 0.416 e. The van der Waals surface area contributed by atoms with Gasteiger partial charge in [0.25, 0.3) is 5.91 Å². The Labute approximate surface area is 168 Å². The third-order valence-corrected chi connectivity index (χ3v) is 4.32. The van der Waals surface area contributed by atoms with Gasteiger partial charge in [0.2, 0.25) is 0 Å². The van der Waals surface area contributed by atoms with Crippen LogP contribution >= 0.6 is 0 Å². The molecule has 0 radical (unpaired) electrons. The van der Waals surface area contributed by atoms with Gasteiger partial charge in [0, 0.05) is 19.1 Å². The van der Waals surface area contributed by atoms with Crippen molar-refractivity contribution in [2.24, 2.45) is 0 Å². The van der Waals surface area contributed by atoms with E-state index >= 15 is 0 Å². The van der Waals surface area contributed by atoms with Gasteiger partial charge >= 0.3 is 18.4 Å². The van der Waals surface area contributed by atoms with E-state index in [1.54, 1.807) is 6.92 Å². The van der Waals surface area contributed by atoms with Gasteiger partial charge in [-0.1, -0.05) is 0 Å². The first-order chi connectivity index (χ1) is 13.9. The van der Waals surface area contributed by atoms with Gasteiger partial charge in [0.15, 0.2) is 6.61 Å². The van der Waals surface area contributed by atoms with Gasteiger partial charge in [-0.05, 0) is 38.0 Å². The van der Waals surface area contributed by atoms with Crippen LogP contribution in [0.15, 0.2) is 18.2 Å². The predicted molar refractivity (Wildman–Crippen MR) is 91.7 cm³/mol. The number of carbonyl (C=O) groups excluding carboxylic acids is 2. The normalized spacial score (nSPS) is 15.6. The van der Waals surface area contributed by atoms with E-state index in [0.29, 0.717) is 38.1 Å². The highest BCUT2D eigenvalue weighted by molar-refractivity contribution is 5.78. The van der Waals surface area contributed by atoms with Crippen LogP contribution in [-0.2, 0) is 21.9 Å². The summed E-state index contributed by atoms with van der Waals surface area (Å²) in [4.78, 5) is 25.1. The van der Waals surface area contributed by atoms with Crippen molar-refractivity contribution in [3.8, 4) is 5.75 Å². The monoisotopic (exact) mass is 442 g/mol. The highest BCUT2D eigenvalue weighted by Gasteiger charge is 2.37. The molecule has 1 aromatic rings. The second kappa shape index (κ2) is 9.43. The van der Waals surface area contributed by atoms with Crippen LogP contribution < -0.4 is 10.1 Å². The molecule has 2 amide bonds. The lowest BCUT2D eigenvalue weighted by atomic mass is 10.1. The van der Waals surface area contributed by atoms with E-state index in [0.717, 1.165) is 0 Å².